The van der Waals surface area contributed by atoms with Crippen molar-refractivity contribution >= 4 is 11.3 Å². The summed E-state index contributed by atoms with van der Waals surface area (Å²) in [6.07, 6.45) is 1.24. The summed E-state index contributed by atoms with van der Waals surface area (Å²) in [7, 11) is 0. The van der Waals surface area contributed by atoms with Crippen LogP contribution in [-0.4, -0.2) is 24.5 Å². The van der Waals surface area contributed by atoms with Crippen molar-refractivity contribution in [1.82, 2.24) is 10.2 Å². The Bertz CT molecular complexity index is 306. The van der Waals surface area contributed by atoms with Crippen LogP contribution in [-0.2, 0) is 19.5 Å². The van der Waals surface area contributed by atoms with E-state index in [9.17, 15) is 0 Å². The van der Waals surface area contributed by atoms with Gasteiger partial charge in [0, 0.05) is 24.5 Å². The normalized spacial score (nSPS) is 16.7. The summed E-state index contributed by atoms with van der Waals surface area (Å²) in [4.78, 5) is 4.12. The average Bonchev–Trinajstić information content (AvgIpc) is 2.68. The van der Waals surface area contributed by atoms with Crippen molar-refractivity contribution < 1.29 is 0 Å². The van der Waals surface area contributed by atoms with Gasteiger partial charge in [0.1, 0.15) is 0 Å². The first-order valence-corrected chi connectivity index (χ1v) is 6.74. The lowest BCUT2D eigenvalue weighted by molar-refractivity contribution is 0.271. The summed E-state index contributed by atoms with van der Waals surface area (Å²) < 4.78 is 0. The largest absolute Gasteiger partial charge is 0.313 e. The van der Waals surface area contributed by atoms with E-state index in [-0.39, 0.29) is 0 Å². The maximum Gasteiger partial charge on any atom is 0.0330 e. The van der Waals surface area contributed by atoms with Gasteiger partial charge in [-0.25, -0.2) is 0 Å². The van der Waals surface area contributed by atoms with E-state index in [2.05, 4.69) is 29.4 Å². The molecule has 84 valence electrons. The zero-order valence-electron chi connectivity index (χ0n) is 9.68. The third-order valence-electron chi connectivity index (χ3n) is 3.13. The molecule has 0 aromatic carbocycles. The molecule has 0 amide bonds. The van der Waals surface area contributed by atoms with E-state index in [0.717, 1.165) is 13.1 Å². The average molecular weight is 224 g/mol. The molecule has 1 aliphatic heterocycles. The number of thiophene rings is 1. The van der Waals surface area contributed by atoms with Crippen molar-refractivity contribution in [3.63, 3.8) is 0 Å². The maximum absolute atomic E-state index is 3.42. The Kier molecular flexibility index (Phi) is 3.78. The van der Waals surface area contributed by atoms with Gasteiger partial charge in [-0.2, -0.15) is 0 Å². The summed E-state index contributed by atoms with van der Waals surface area (Å²) in [5.74, 6) is 0. The van der Waals surface area contributed by atoms with Gasteiger partial charge in [-0.15, -0.1) is 11.3 Å². The highest BCUT2D eigenvalue weighted by Crippen LogP contribution is 2.28. The molecule has 0 bridgehead atoms. The minimum atomic E-state index is 1.05. The highest BCUT2D eigenvalue weighted by molar-refractivity contribution is 7.10. The third kappa shape index (κ3) is 2.41. The lowest BCUT2D eigenvalue weighted by Crippen LogP contribution is -2.29. The number of likely N-dealkylation sites (N-methyl/N-ethyl adjacent to an activating group) is 1. The van der Waals surface area contributed by atoms with Crippen LogP contribution in [0.3, 0.4) is 0 Å². The smallest absolute Gasteiger partial charge is 0.0330 e. The van der Waals surface area contributed by atoms with Crippen molar-refractivity contribution in [1.29, 1.82) is 0 Å². The van der Waals surface area contributed by atoms with Crippen molar-refractivity contribution in [2.24, 2.45) is 0 Å². The van der Waals surface area contributed by atoms with Gasteiger partial charge < -0.3 is 5.32 Å². The molecule has 2 heterocycles. The first-order chi connectivity index (χ1) is 7.35. The van der Waals surface area contributed by atoms with Gasteiger partial charge in [-0.05, 0) is 36.0 Å². The molecule has 3 heteroatoms. The molecule has 1 N–H and O–H groups in total. The SMILES string of the molecule is CCNCc1csc2c1CCN(CC)C2. The van der Waals surface area contributed by atoms with Gasteiger partial charge in [-0.3, -0.25) is 4.90 Å². The molecule has 15 heavy (non-hydrogen) atoms. The topological polar surface area (TPSA) is 15.3 Å². The summed E-state index contributed by atoms with van der Waals surface area (Å²) in [5.41, 5.74) is 3.17. The second-order valence-electron chi connectivity index (χ2n) is 4.06. The number of nitrogens with zero attached hydrogens (tertiary/aromatic N) is 1. The summed E-state index contributed by atoms with van der Waals surface area (Å²) in [5, 5.41) is 5.76. The van der Waals surface area contributed by atoms with Crippen LogP contribution in [0.2, 0.25) is 0 Å². The monoisotopic (exact) mass is 224 g/mol. The summed E-state index contributed by atoms with van der Waals surface area (Å²) in [6, 6.07) is 0. The molecule has 0 saturated heterocycles. The predicted molar refractivity (Wildman–Crippen MR) is 66.4 cm³/mol. The van der Waals surface area contributed by atoms with E-state index >= 15 is 0 Å². The third-order valence-corrected chi connectivity index (χ3v) is 4.19. The van der Waals surface area contributed by atoms with E-state index in [1.54, 1.807) is 10.4 Å². The first kappa shape index (κ1) is 11.1. The molecule has 0 saturated carbocycles. The Morgan fingerprint density at radius 3 is 3.07 bits per heavy atom. The number of rotatable bonds is 4. The van der Waals surface area contributed by atoms with Crippen molar-refractivity contribution in [3.05, 3.63) is 21.4 Å². The van der Waals surface area contributed by atoms with Gasteiger partial charge >= 0.3 is 0 Å². The number of hydrogen-bond donors (Lipinski definition) is 1. The molecule has 2 nitrogen and oxygen atoms in total. The van der Waals surface area contributed by atoms with E-state index in [4.69, 9.17) is 0 Å². The Labute approximate surface area is 96.3 Å². The molecular weight excluding hydrogens is 204 g/mol. The molecular formula is C12H20N2S. The summed E-state index contributed by atoms with van der Waals surface area (Å²) in [6.45, 7) is 10.1. The van der Waals surface area contributed by atoms with Gasteiger partial charge in [0.05, 0.1) is 0 Å². The number of nitrogens with one attached hydrogen (secondary N) is 1. The van der Waals surface area contributed by atoms with Crippen molar-refractivity contribution in [2.45, 2.75) is 33.4 Å². The zero-order chi connectivity index (χ0) is 10.7. The van der Waals surface area contributed by atoms with Crippen LogP contribution >= 0.6 is 11.3 Å². The van der Waals surface area contributed by atoms with Gasteiger partial charge in [0.15, 0.2) is 0 Å². The van der Waals surface area contributed by atoms with Gasteiger partial charge in [0.2, 0.25) is 0 Å². The van der Waals surface area contributed by atoms with Crippen LogP contribution in [0.1, 0.15) is 29.9 Å². The molecule has 0 spiro atoms. The molecule has 2 rings (SSSR count). The first-order valence-electron chi connectivity index (χ1n) is 5.86. The molecule has 0 atom stereocenters. The van der Waals surface area contributed by atoms with Crippen LogP contribution in [0.4, 0.5) is 0 Å². The molecule has 1 aromatic rings. The Balaban J connectivity index is 2.08. The molecule has 1 aromatic heterocycles. The maximum atomic E-state index is 3.42. The van der Waals surface area contributed by atoms with Crippen LogP contribution in [0.15, 0.2) is 5.38 Å². The van der Waals surface area contributed by atoms with Gasteiger partial charge in [-0.1, -0.05) is 13.8 Å². The van der Waals surface area contributed by atoms with E-state index in [1.807, 2.05) is 11.3 Å². The highest BCUT2D eigenvalue weighted by Gasteiger charge is 2.19. The van der Waals surface area contributed by atoms with E-state index < -0.39 is 0 Å². The minimum Gasteiger partial charge on any atom is -0.313 e. The second-order valence-corrected chi connectivity index (χ2v) is 5.03. The number of fused-ring (bicyclic) bond motifs is 1. The predicted octanol–water partition coefficient (Wildman–Crippen LogP) is 2.24. The second kappa shape index (κ2) is 5.10. The Hall–Kier alpha value is -0.380. The fourth-order valence-electron chi connectivity index (χ4n) is 2.13. The molecule has 0 radical (unpaired) electrons. The molecule has 1 aliphatic rings. The lowest BCUT2D eigenvalue weighted by atomic mass is 10.0. The fourth-order valence-corrected chi connectivity index (χ4v) is 3.27. The van der Waals surface area contributed by atoms with Crippen LogP contribution < -0.4 is 5.32 Å². The lowest BCUT2D eigenvalue weighted by Gasteiger charge is -2.25. The van der Waals surface area contributed by atoms with Crippen LogP contribution in [0.25, 0.3) is 0 Å². The minimum absolute atomic E-state index is 1.05. The van der Waals surface area contributed by atoms with E-state index in [0.29, 0.717) is 0 Å². The molecule has 0 unspecified atom stereocenters. The molecule has 0 fully saturated rings. The van der Waals surface area contributed by atoms with E-state index in [1.165, 1.54) is 31.6 Å². The van der Waals surface area contributed by atoms with Crippen LogP contribution in [0, 0.1) is 0 Å². The van der Waals surface area contributed by atoms with Crippen molar-refractivity contribution in [3.8, 4) is 0 Å². The molecule has 0 aliphatic carbocycles. The standard InChI is InChI=1S/C12H20N2S/c1-3-13-7-10-9-15-12-8-14(4-2)6-5-11(10)12/h9,13H,3-8H2,1-2H3. The fraction of sp³-hybridized carbons (Fsp3) is 0.667. The Morgan fingerprint density at radius 1 is 1.47 bits per heavy atom. The van der Waals surface area contributed by atoms with Crippen molar-refractivity contribution in [2.75, 3.05) is 19.6 Å². The quantitative estimate of drug-likeness (QED) is 0.844. The number of hydrogen-bond acceptors (Lipinski definition) is 3. The highest BCUT2D eigenvalue weighted by atomic mass is 32.1. The van der Waals surface area contributed by atoms with Gasteiger partial charge in [0.25, 0.3) is 0 Å². The zero-order valence-corrected chi connectivity index (χ0v) is 10.5. The summed E-state index contributed by atoms with van der Waals surface area (Å²) >= 11 is 1.94. The van der Waals surface area contributed by atoms with Crippen LogP contribution in [0.5, 0.6) is 0 Å². The Morgan fingerprint density at radius 2 is 2.33 bits per heavy atom.